The largest absolute Gasteiger partial charge is 0.264 e. The van der Waals surface area contributed by atoms with Crippen LogP contribution in [0.3, 0.4) is 0 Å². The smallest absolute Gasteiger partial charge is 0.137 e. The first-order valence-corrected chi connectivity index (χ1v) is 7.90. The van der Waals surface area contributed by atoms with Gasteiger partial charge >= 0.3 is 0 Å². The molecule has 3 rings (SSSR count). The van der Waals surface area contributed by atoms with Gasteiger partial charge in [-0.05, 0) is 35.7 Å². The summed E-state index contributed by atoms with van der Waals surface area (Å²) >= 11 is 3.44. The normalized spacial score (nSPS) is 13.2. The maximum absolute atomic E-state index is 10.0. The lowest BCUT2D eigenvalue weighted by Crippen LogP contribution is -2.33. The number of nitriles is 1. The minimum Gasteiger partial charge on any atom is -0.264 e. The van der Waals surface area contributed by atoms with Crippen LogP contribution < -0.4 is 0 Å². The third kappa shape index (κ3) is 3.46. The minimum atomic E-state index is -0.739. The van der Waals surface area contributed by atoms with Crippen molar-refractivity contribution in [3.8, 4) is 6.07 Å². The Hall–Kier alpha value is -2.52. The summed E-state index contributed by atoms with van der Waals surface area (Å²) in [5, 5.41) is 14.2. The third-order valence-electron chi connectivity index (χ3n) is 3.74. The summed E-state index contributed by atoms with van der Waals surface area (Å²) in [4.78, 5) is 8.13. The van der Waals surface area contributed by atoms with E-state index in [-0.39, 0.29) is 0 Å². The molecule has 1 unspecified atom stereocenters. The summed E-state index contributed by atoms with van der Waals surface area (Å²) in [7, 11) is 0. The Balaban J connectivity index is 2.03. The number of pyridine rings is 1. The molecule has 0 N–H and O–H groups in total. The Bertz CT molecular complexity index is 793. The SMILES string of the molecule is N#CC(Cc1cccnc1)(Cn1cncn1)c1ccc(Br)cc1. The molecule has 0 aliphatic carbocycles. The molecule has 1 aromatic carbocycles. The van der Waals surface area contributed by atoms with E-state index in [0.29, 0.717) is 13.0 Å². The second-order valence-electron chi connectivity index (χ2n) is 5.33. The Labute approximate surface area is 142 Å². The first-order valence-electron chi connectivity index (χ1n) is 7.10. The van der Waals surface area contributed by atoms with Gasteiger partial charge in [-0.2, -0.15) is 10.4 Å². The van der Waals surface area contributed by atoms with Gasteiger partial charge in [0.1, 0.15) is 18.1 Å². The van der Waals surface area contributed by atoms with Gasteiger partial charge in [0, 0.05) is 16.9 Å². The fraction of sp³-hybridized carbons (Fsp3) is 0.176. The van der Waals surface area contributed by atoms with Crippen molar-refractivity contribution in [1.82, 2.24) is 19.7 Å². The summed E-state index contributed by atoms with van der Waals surface area (Å²) in [6.07, 6.45) is 7.20. The van der Waals surface area contributed by atoms with Gasteiger partial charge in [0.15, 0.2) is 0 Å². The number of benzene rings is 1. The van der Waals surface area contributed by atoms with Crippen molar-refractivity contribution < 1.29 is 0 Å². The number of rotatable bonds is 5. The number of hydrogen-bond donors (Lipinski definition) is 0. The second-order valence-corrected chi connectivity index (χ2v) is 6.25. The van der Waals surface area contributed by atoms with Crippen molar-refractivity contribution in [2.45, 2.75) is 18.4 Å². The summed E-state index contributed by atoms with van der Waals surface area (Å²) in [5.41, 5.74) is 1.22. The van der Waals surface area contributed by atoms with Crippen LogP contribution >= 0.6 is 15.9 Å². The number of nitrogens with zero attached hydrogens (tertiary/aromatic N) is 5. The fourth-order valence-electron chi connectivity index (χ4n) is 2.60. The molecule has 2 aromatic heterocycles. The van der Waals surface area contributed by atoms with Crippen LogP contribution in [0.25, 0.3) is 0 Å². The molecule has 0 amide bonds. The highest BCUT2D eigenvalue weighted by Crippen LogP contribution is 2.31. The van der Waals surface area contributed by atoms with Crippen molar-refractivity contribution in [3.05, 3.63) is 77.0 Å². The van der Waals surface area contributed by atoms with Crippen molar-refractivity contribution in [2.24, 2.45) is 0 Å². The molecule has 5 nitrogen and oxygen atoms in total. The van der Waals surface area contributed by atoms with Crippen LogP contribution in [0.5, 0.6) is 0 Å². The number of aromatic nitrogens is 4. The van der Waals surface area contributed by atoms with E-state index in [2.05, 4.69) is 37.1 Å². The molecule has 0 radical (unpaired) electrons. The summed E-state index contributed by atoms with van der Waals surface area (Å²) in [6.45, 7) is 0.431. The zero-order chi connectivity index (χ0) is 16.1. The summed E-state index contributed by atoms with van der Waals surface area (Å²) < 4.78 is 2.68. The Kier molecular flexibility index (Phi) is 4.49. The Morgan fingerprint density at radius 1 is 1.17 bits per heavy atom. The molecule has 0 aliphatic rings. The van der Waals surface area contributed by atoms with Gasteiger partial charge in [-0.3, -0.25) is 9.67 Å². The molecule has 0 fully saturated rings. The molecule has 0 bridgehead atoms. The molecule has 0 aliphatic heterocycles. The lowest BCUT2D eigenvalue weighted by Gasteiger charge is -2.27. The highest BCUT2D eigenvalue weighted by Gasteiger charge is 2.34. The molecular formula is C17H14BrN5. The second kappa shape index (κ2) is 6.71. The molecule has 0 saturated carbocycles. The predicted molar refractivity (Wildman–Crippen MR) is 89.4 cm³/mol. The van der Waals surface area contributed by atoms with Gasteiger partial charge in [-0.25, -0.2) is 4.98 Å². The molecule has 0 spiro atoms. The van der Waals surface area contributed by atoms with Crippen LogP contribution in [-0.4, -0.2) is 19.7 Å². The molecule has 3 aromatic rings. The van der Waals surface area contributed by atoms with Crippen LogP contribution in [0.2, 0.25) is 0 Å². The predicted octanol–water partition coefficient (Wildman–Crippen LogP) is 3.14. The Morgan fingerprint density at radius 3 is 2.61 bits per heavy atom. The standard InChI is InChI=1S/C17H14BrN5/c18-16-5-3-15(4-6-16)17(10-19,11-23-13-21-12-22-23)8-14-2-1-7-20-9-14/h1-7,9,12-13H,8,11H2. The van der Waals surface area contributed by atoms with Gasteiger partial charge in [-0.15, -0.1) is 0 Å². The zero-order valence-corrected chi connectivity index (χ0v) is 13.9. The topological polar surface area (TPSA) is 67.4 Å². The molecule has 1 atom stereocenters. The summed E-state index contributed by atoms with van der Waals surface area (Å²) in [5.74, 6) is 0. The van der Waals surface area contributed by atoms with E-state index >= 15 is 0 Å². The van der Waals surface area contributed by atoms with Gasteiger partial charge < -0.3 is 0 Å². The van der Waals surface area contributed by atoms with Crippen molar-refractivity contribution in [2.75, 3.05) is 0 Å². The maximum atomic E-state index is 10.0. The van der Waals surface area contributed by atoms with E-state index in [0.717, 1.165) is 15.6 Å². The van der Waals surface area contributed by atoms with E-state index in [4.69, 9.17) is 0 Å². The monoisotopic (exact) mass is 367 g/mol. The lowest BCUT2D eigenvalue weighted by atomic mass is 9.77. The van der Waals surface area contributed by atoms with Gasteiger partial charge in [0.05, 0.1) is 12.6 Å². The maximum Gasteiger partial charge on any atom is 0.137 e. The average Bonchev–Trinajstić information content (AvgIpc) is 3.08. The highest BCUT2D eigenvalue weighted by atomic mass is 79.9. The van der Waals surface area contributed by atoms with Gasteiger partial charge in [-0.1, -0.05) is 34.1 Å². The molecular weight excluding hydrogens is 354 g/mol. The van der Waals surface area contributed by atoms with E-state index < -0.39 is 5.41 Å². The molecule has 6 heteroatoms. The third-order valence-corrected chi connectivity index (χ3v) is 4.27. The van der Waals surface area contributed by atoms with Crippen LogP contribution in [0, 0.1) is 11.3 Å². The lowest BCUT2D eigenvalue weighted by molar-refractivity contribution is 0.424. The van der Waals surface area contributed by atoms with Crippen LogP contribution in [0.1, 0.15) is 11.1 Å². The van der Waals surface area contributed by atoms with Crippen LogP contribution in [0.15, 0.2) is 65.9 Å². The van der Waals surface area contributed by atoms with Gasteiger partial charge in [0.2, 0.25) is 0 Å². The Morgan fingerprint density at radius 2 is 2.00 bits per heavy atom. The highest BCUT2D eigenvalue weighted by molar-refractivity contribution is 9.10. The van der Waals surface area contributed by atoms with Crippen molar-refractivity contribution in [3.63, 3.8) is 0 Å². The van der Waals surface area contributed by atoms with Crippen LogP contribution in [0.4, 0.5) is 0 Å². The zero-order valence-electron chi connectivity index (χ0n) is 12.3. The molecule has 2 heterocycles. The first-order chi connectivity index (χ1) is 11.2. The van der Waals surface area contributed by atoms with E-state index in [1.54, 1.807) is 23.4 Å². The van der Waals surface area contributed by atoms with E-state index in [1.165, 1.54) is 6.33 Å². The van der Waals surface area contributed by atoms with E-state index in [9.17, 15) is 5.26 Å². The number of halogens is 1. The minimum absolute atomic E-state index is 0.431. The van der Waals surface area contributed by atoms with E-state index in [1.807, 2.05) is 36.4 Å². The van der Waals surface area contributed by atoms with Crippen LogP contribution in [-0.2, 0) is 18.4 Å². The average molecular weight is 368 g/mol. The van der Waals surface area contributed by atoms with Crippen molar-refractivity contribution in [1.29, 1.82) is 5.26 Å². The summed E-state index contributed by atoms with van der Waals surface area (Å²) in [6, 6.07) is 14.2. The van der Waals surface area contributed by atoms with Gasteiger partial charge in [0.25, 0.3) is 0 Å². The first kappa shape index (κ1) is 15.4. The molecule has 0 saturated heterocycles. The fourth-order valence-corrected chi connectivity index (χ4v) is 2.86. The number of hydrogen-bond acceptors (Lipinski definition) is 4. The molecule has 23 heavy (non-hydrogen) atoms. The molecule has 114 valence electrons. The van der Waals surface area contributed by atoms with Crippen molar-refractivity contribution >= 4 is 15.9 Å². The quantitative estimate of drug-likeness (QED) is 0.694.